The first-order valence-electron chi connectivity index (χ1n) is 10.6. The SMILES string of the molecule is Cc1ccc(C(=O)CSc2nnc3n(-c4cc(C)ccc4C)c(=O)c4ccccc4n23)cc1. The maximum absolute atomic E-state index is 13.5. The highest BCUT2D eigenvalue weighted by Gasteiger charge is 2.19. The number of fused-ring (bicyclic) bond motifs is 3. The molecule has 33 heavy (non-hydrogen) atoms. The Morgan fingerprint density at radius 1 is 0.909 bits per heavy atom. The Labute approximate surface area is 194 Å². The molecule has 0 aliphatic carbocycles. The molecule has 0 N–H and O–H groups in total. The number of Topliss-reactive ketones (excluding diaryl/α,β-unsaturated/α-hetero) is 1. The largest absolute Gasteiger partial charge is 0.293 e. The minimum atomic E-state index is -0.147. The molecule has 0 aliphatic rings. The third-order valence-corrected chi connectivity index (χ3v) is 6.64. The van der Waals surface area contributed by atoms with Gasteiger partial charge in [0.05, 0.1) is 22.3 Å². The first-order chi connectivity index (χ1) is 15.9. The van der Waals surface area contributed by atoms with Crippen LogP contribution in [0.5, 0.6) is 0 Å². The summed E-state index contributed by atoms with van der Waals surface area (Å²) in [6, 6.07) is 21.0. The fraction of sp³-hybridized carbons (Fsp3) is 0.154. The van der Waals surface area contributed by atoms with E-state index in [1.807, 2.05) is 91.9 Å². The van der Waals surface area contributed by atoms with E-state index in [2.05, 4.69) is 10.2 Å². The van der Waals surface area contributed by atoms with Gasteiger partial charge in [-0.15, -0.1) is 10.2 Å². The predicted molar refractivity (Wildman–Crippen MR) is 132 cm³/mol. The number of hydrogen-bond donors (Lipinski definition) is 0. The van der Waals surface area contributed by atoms with Crippen LogP contribution in [0.1, 0.15) is 27.0 Å². The number of aryl methyl sites for hydroxylation is 3. The van der Waals surface area contributed by atoms with Gasteiger partial charge in [-0.2, -0.15) is 0 Å². The average Bonchev–Trinajstić information content (AvgIpc) is 3.24. The predicted octanol–water partition coefficient (Wildman–Crippen LogP) is 4.93. The minimum absolute atomic E-state index is 0.0175. The molecule has 0 bridgehead atoms. The van der Waals surface area contributed by atoms with E-state index in [0.717, 1.165) is 22.4 Å². The van der Waals surface area contributed by atoms with Crippen LogP contribution in [0.3, 0.4) is 0 Å². The molecule has 5 rings (SSSR count). The van der Waals surface area contributed by atoms with Gasteiger partial charge in [0.25, 0.3) is 5.56 Å². The van der Waals surface area contributed by atoms with E-state index >= 15 is 0 Å². The molecule has 2 aromatic heterocycles. The van der Waals surface area contributed by atoms with E-state index in [1.165, 1.54) is 11.8 Å². The topological polar surface area (TPSA) is 69.3 Å². The van der Waals surface area contributed by atoms with Crippen molar-refractivity contribution in [2.24, 2.45) is 0 Å². The average molecular weight is 455 g/mol. The second-order valence-corrected chi connectivity index (χ2v) is 9.09. The molecule has 164 valence electrons. The minimum Gasteiger partial charge on any atom is -0.293 e. The van der Waals surface area contributed by atoms with E-state index in [-0.39, 0.29) is 17.1 Å². The lowest BCUT2D eigenvalue weighted by atomic mass is 10.1. The number of nitrogens with zero attached hydrogens (tertiary/aromatic N) is 4. The molecule has 6 nitrogen and oxygen atoms in total. The van der Waals surface area contributed by atoms with Crippen LogP contribution in [0, 0.1) is 20.8 Å². The summed E-state index contributed by atoms with van der Waals surface area (Å²) in [6.45, 7) is 5.96. The van der Waals surface area contributed by atoms with Crippen molar-refractivity contribution < 1.29 is 4.79 Å². The Balaban J connectivity index is 1.66. The third-order valence-electron chi connectivity index (χ3n) is 5.71. The smallest absolute Gasteiger partial charge is 0.267 e. The number of para-hydroxylation sites is 1. The second kappa shape index (κ2) is 8.33. The van der Waals surface area contributed by atoms with Gasteiger partial charge in [-0.25, -0.2) is 4.57 Å². The van der Waals surface area contributed by atoms with Crippen LogP contribution in [0.2, 0.25) is 0 Å². The summed E-state index contributed by atoms with van der Waals surface area (Å²) in [5.41, 5.74) is 5.13. The van der Waals surface area contributed by atoms with Gasteiger partial charge in [-0.3, -0.25) is 14.0 Å². The van der Waals surface area contributed by atoms with Gasteiger partial charge in [0.15, 0.2) is 10.9 Å². The summed E-state index contributed by atoms with van der Waals surface area (Å²) in [5.74, 6) is 0.669. The summed E-state index contributed by atoms with van der Waals surface area (Å²) in [5, 5.41) is 9.89. The first-order valence-corrected chi connectivity index (χ1v) is 11.6. The van der Waals surface area contributed by atoms with Crippen molar-refractivity contribution in [2.45, 2.75) is 25.9 Å². The molecular formula is C26H22N4O2S. The number of aromatic nitrogens is 4. The third kappa shape index (κ3) is 3.74. The van der Waals surface area contributed by atoms with Gasteiger partial charge in [0.2, 0.25) is 5.78 Å². The molecule has 0 radical (unpaired) electrons. The molecule has 5 aromatic rings. The van der Waals surface area contributed by atoms with E-state index in [9.17, 15) is 9.59 Å². The highest BCUT2D eigenvalue weighted by atomic mass is 32.2. The number of carbonyl (C=O) groups excluding carboxylic acids is 1. The monoisotopic (exact) mass is 454 g/mol. The Kier molecular flexibility index (Phi) is 5.34. The van der Waals surface area contributed by atoms with Crippen molar-refractivity contribution in [1.29, 1.82) is 0 Å². The van der Waals surface area contributed by atoms with Gasteiger partial charge in [-0.05, 0) is 50.1 Å². The van der Waals surface area contributed by atoms with Crippen LogP contribution in [0.25, 0.3) is 22.4 Å². The number of carbonyl (C=O) groups is 1. The van der Waals surface area contributed by atoms with Gasteiger partial charge in [-0.1, -0.05) is 65.9 Å². The van der Waals surface area contributed by atoms with E-state index in [1.54, 1.807) is 4.57 Å². The van der Waals surface area contributed by atoms with E-state index in [0.29, 0.717) is 27.4 Å². The molecule has 7 heteroatoms. The zero-order chi connectivity index (χ0) is 23.1. The summed E-state index contributed by atoms with van der Waals surface area (Å²) in [6.07, 6.45) is 0. The number of thioether (sulfide) groups is 1. The van der Waals surface area contributed by atoms with Crippen molar-refractivity contribution in [3.05, 3.63) is 99.3 Å². The number of rotatable bonds is 5. The summed E-state index contributed by atoms with van der Waals surface area (Å²) in [4.78, 5) is 26.3. The maximum Gasteiger partial charge on any atom is 0.267 e. The standard InChI is InChI=1S/C26H22N4O2S/c1-16-9-12-19(13-10-16)23(31)15-33-26-28-27-25-29(22-14-17(2)8-11-18(22)3)24(32)20-6-4-5-7-21(20)30(25)26/h4-14H,15H2,1-3H3. The van der Waals surface area contributed by atoms with Crippen LogP contribution in [0.15, 0.2) is 76.7 Å². The van der Waals surface area contributed by atoms with Gasteiger partial charge in [0, 0.05) is 5.56 Å². The van der Waals surface area contributed by atoms with Gasteiger partial charge < -0.3 is 0 Å². The quantitative estimate of drug-likeness (QED) is 0.278. The highest BCUT2D eigenvalue weighted by Crippen LogP contribution is 2.25. The Morgan fingerprint density at radius 2 is 1.64 bits per heavy atom. The van der Waals surface area contributed by atoms with Gasteiger partial charge in [0.1, 0.15) is 0 Å². The summed E-state index contributed by atoms with van der Waals surface area (Å²) in [7, 11) is 0. The normalized spacial score (nSPS) is 11.4. The van der Waals surface area contributed by atoms with Crippen molar-refractivity contribution >= 4 is 34.2 Å². The Hall–Kier alpha value is -3.71. The molecule has 3 aromatic carbocycles. The van der Waals surface area contributed by atoms with Crippen LogP contribution >= 0.6 is 11.8 Å². The molecule has 0 unspecified atom stereocenters. The highest BCUT2D eigenvalue weighted by molar-refractivity contribution is 7.99. The molecule has 0 saturated heterocycles. The zero-order valence-corrected chi connectivity index (χ0v) is 19.4. The van der Waals surface area contributed by atoms with Crippen LogP contribution < -0.4 is 5.56 Å². The molecule has 0 spiro atoms. The van der Waals surface area contributed by atoms with E-state index in [4.69, 9.17) is 0 Å². The lowest BCUT2D eigenvalue weighted by Gasteiger charge is -2.14. The molecular weight excluding hydrogens is 432 g/mol. The number of hydrogen-bond acceptors (Lipinski definition) is 5. The fourth-order valence-electron chi connectivity index (χ4n) is 3.90. The van der Waals surface area contributed by atoms with Crippen molar-refractivity contribution in [2.75, 3.05) is 5.75 Å². The molecule has 0 fully saturated rings. The van der Waals surface area contributed by atoms with E-state index < -0.39 is 0 Å². The molecule has 0 atom stereocenters. The lowest BCUT2D eigenvalue weighted by Crippen LogP contribution is -2.22. The second-order valence-electron chi connectivity index (χ2n) is 8.14. The van der Waals surface area contributed by atoms with Crippen molar-refractivity contribution in [3.63, 3.8) is 0 Å². The maximum atomic E-state index is 13.5. The molecule has 0 amide bonds. The fourth-order valence-corrected chi connectivity index (χ4v) is 4.74. The molecule has 0 aliphatic heterocycles. The number of ketones is 1. The van der Waals surface area contributed by atoms with Crippen molar-refractivity contribution in [3.8, 4) is 5.69 Å². The van der Waals surface area contributed by atoms with Crippen LogP contribution in [0.4, 0.5) is 0 Å². The first kappa shape index (κ1) is 21.2. The van der Waals surface area contributed by atoms with Crippen LogP contribution in [-0.2, 0) is 0 Å². The Morgan fingerprint density at radius 3 is 2.42 bits per heavy atom. The number of benzene rings is 3. The Bertz CT molecular complexity index is 1580. The lowest BCUT2D eigenvalue weighted by molar-refractivity contribution is 0.102. The molecule has 0 saturated carbocycles. The van der Waals surface area contributed by atoms with Crippen LogP contribution in [-0.4, -0.2) is 30.7 Å². The zero-order valence-electron chi connectivity index (χ0n) is 18.6. The molecule has 2 heterocycles. The summed E-state index contributed by atoms with van der Waals surface area (Å²) >= 11 is 1.32. The van der Waals surface area contributed by atoms with Crippen molar-refractivity contribution in [1.82, 2.24) is 19.2 Å². The van der Waals surface area contributed by atoms with Gasteiger partial charge >= 0.3 is 0 Å². The summed E-state index contributed by atoms with van der Waals surface area (Å²) < 4.78 is 3.48.